The second-order valence-corrected chi connectivity index (χ2v) is 6.58. The smallest absolute Gasteiger partial charge is 0.273 e. The fourth-order valence-electron chi connectivity index (χ4n) is 2.62. The molecule has 29 heavy (non-hydrogen) atoms. The number of hydrogen-bond acceptors (Lipinski definition) is 6. The van der Waals surface area contributed by atoms with Crippen LogP contribution in [0.1, 0.15) is 21.7 Å². The molecule has 1 heterocycles. The van der Waals surface area contributed by atoms with E-state index in [1.165, 1.54) is 18.2 Å². The number of nitrogens with zero attached hydrogens (tertiary/aromatic N) is 1. The number of aliphatic hydroxyl groups is 1. The largest absolute Gasteiger partial charge is 0.459 e. The van der Waals surface area contributed by atoms with Gasteiger partial charge in [0.2, 0.25) is 0 Å². The Bertz CT molecular complexity index is 1080. The molecule has 9 heteroatoms. The standard InChI is InChI=1S/C20H17N3O5S/c1-12-2-3-14(10-17(12)23(26)27)19(25)22-20(29)21-15-6-4-13(5-7-15)18-9-8-16(11-24)28-18/h2-10,24H,11H2,1H3,(H2,21,22,25,29). The summed E-state index contributed by atoms with van der Waals surface area (Å²) in [7, 11) is 0. The van der Waals surface area contributed by atoms with Crippen molar-refractivity contribution >= 4 is 34.6 Å². The molecule has 0 aliphatic carbocycles. The molecule has 3 N–H and O–H groups in total. The lowest BCUT2D eigenvalue weighted by Crippen LogP contribution is -2.34. The first-order valence-electron chi connectivity index (χ1n) is 8.55. The Labute approximate surface area is 171 Å². The predicted molar refractivity (Wildman–Crippen MR) is 112 cm³/mol. The molecule has 0 fully saturated rings. The Kier molecular flexibility index (Phi) is 6.01. The topological polar surface area (TPSA) is 118 Å². The van der Waals surface area contributed by atoms with Gasteiger partial charge in [-0.25, -0.2) is 0 Å². The van der Waals surface area contributed by atoms with Gasteiger partial charge in [0.25, 0.3) is 11.6 Å². The molecule has 0 saturated carbocycles. The summed E-state index contributed by atoms with van der Waals surface area (Å²) in [5.41, 5.74) is 1.93. The number of nitro groups is 1. The third-order valence-electron chi connectivity index (χ3n) is 4.14. The second kappa shape index (κ2) is 8.63. The highest BCUT2D eigenvalue weighted by Gasteiger charge is 2.16. The number of hydrogen-bond donors (Lipinski definition) is 3. The monoisotopic (exact) mass is 411 g/mol. The number of thiocarbonyl (C=S) groups is 1. The number of benzene rings is 2. The van der Waals surface area contributed by atoms with Crippen molar-refractivity contribution in [3.63, 3.8) is 0 Å². The van der Waals surface area contributed by atoms with Crippen LogP contribution >= 0.6 is 12.2 Å². The van der Waals surface area contributed by atoms with Gasteiger partial charge in [0.1, 0.15) is 18.1 Å². The number of amides is 1. The summed E-state index contributed by atoms with van der Waals surface area (Å²) in [6, 6.07) is 14.8. The molecule has 0 unspecified atom stereocenters. The number of aryl methyl sites for hydroxylation is 1. The van der Waals surface area contributed by atoms with Gasteiger partial charge in [-0.1, -0.05) is 6.07 Å². The van der Waals surface area contributed by atoms with Crippen LogP contribution in [-0.2, 0) is 6.61 Å². The Morgan fingerprint density at radius 3 is 2.52 bits per heavy atom. The number of carbonyl (C=O) groups is 1. The van der Waals surface area contributed by atoms with E-state index in [0.717, 1.165) is 5.56 Å². The Morgan fingerprint density at radius 2 is 1.90 bits per heavy atom. The summed E-state index contributed by atoms with van der Waals surface area (Å²) in [4.78, 5) is 22.8. The number of nitrogens with one attached hydrogen (secondary N) is 2. The molecule has 0 aliphatic heterocycles. The first kappa shape index (κ1) is 20.2. The fourth-order valence-corrected chi connectivity index (χ4v) is 2.83. The van der Waals surface area contributed by atoms with E-state index in [4.69, 9.17) is 21.7 Å². The molecule has 3 rings (SSSR count). The maximum absolute atomic E-state index is 12.3. The zero-order chi connectivity index (χ0) is 21.0. The van der Waals surface area contributed by atoms with Crippen molar-refractivity contribution in [3.8, 4) is 11.3 Å². The fraction of sp³-hybridized carbons (Fsp3) is 0.100. The quantitative estimate of drug-likeness (QED) is 0.332. The SMILES string of the molecule is Cc1ccc(C(=O)NC(=S)Nc2ccc(-c3ccc(CO)o3)cc2)cc1[N+](=O)[O-]. The van der Waals surface area contributed by atoms with Gasteiger partial charge in [-0.2, -0.15) is 0 Å². The van der Waals surface area contributed by atoms with E-state index in [9.17, 15) is 14.9 Å². The van der Waals surface area contributed by atoms with Gasteiger partial charge in [-0.3, -0.25) is 20.2 Å². The van der Waals surface area contributed by atoms with Crippen molar-refractivity contribution in [2.75, 3.05) is 5.32 Å². The highest BCUT2D eigenvalue weighted by atomic mass is 32.1. The van der Waals surface area contributed by atoms with Crippen LogP contribution in [0.5, 0.6) is 0 Å². The van der Waals surface area contributed by atoms with E-state index < -0.39 is 10.8 Å². The van der Waals surface area contributed by atoms with Crippen LogP contribution < -0.4 is 10.6 Å². The van der Waals surface area contributed by atoms with Gasteiger partial charge in [-0.05, 0) is 61.6 Å². The number of furan rings is 1. The van der Waals surface area contributed by atoms with Gasteiger partial charge in [0.05, 0.1) is 4.92 Å². The van der Waals surface area contributed by atoms with Gasteiger partial charge in [-0.15, -0.1) is 0 Å². The Hall–Kier alpha value is -3.56. The van der Waals surface area contributed by atoms with E-state index in [-0.39, 0.29) is 23.0 Å². The lowest BCUT2D eigenvalue weighted by atomic mass is 10.1. The number of nitro benzene ring substituents is 1. The summed E-state index contributed by atoms with van der Waals surface area (Å²) in [6.07, 6.45) is 0. The summed E-state index contributed by atoms with van der Waals surface area (Å²) >= 11 is 5.14. The maximum Gasteiger partial charge on any atom is 0.273 e. The molecule has 0 aliphatic rings. The zero-order valence-corrected chi connectivity index (χ0v) is 16.2. The van der Waals surface area contributed by atoms with Gasteiger partial charge >= 0.3 is 0 Å². The molecular weight excluding hydrogens is 394 g/mol. The zero-order valence-electron chi connectivity index (χ0n) is 15.3. The van der Waals surface area contributed by atoms with Gasteiger partial charge in [0, 0.05) is 28.4 Å². The van der Waals surface area contributed by atoms with Crippen LogP contribution in [-0.4, -0.2) is 21.0 Å². The molecule has 0 bridgehead atoms. The Balaban J connectivity index is 1.64. The first-order chi connectivity index (χ1) is 13.9. The molecule has 0 atom stereocenters. The molecular formula is C20H17N3O5S. The minimum Gasteiger partial charge on any atom is -0.459 e. The van der Waals surface area contributed by atoms with Crippen molar-refractivity contribution < 1.29 is 19.2 Å². The maximum atomic E-state index is 12.3. The summed E-state index contributed by atoms with van der Waals surface area (Å²) in [5, 5.41) is 25.5. The molecule has 2 aromatic carbocycles. The van der Waals surface area contributed by atoms with E-state index >= 15 is 0 Å². The first-order valence-corrected chi connectivity index (χ1v) is 8.95. The molecule has 0 radical (unpaired) electrons. The lowest BCUT2D eigenvalue weighted by Gasteiger charge is -2.10. The van der Waals surface area contributed by atoms with Crippen molar-refractivity contribution in [1.82, 2.24) is 5.32 Å². The summed E-state index contributed by atoms with van der Waals surface area (Å²) < 4.78 is 5.48. The van der Waals surface area contributed by atoms with Crippen LogP contribution in [0, 0.1) is 17.0 Å². The summed E-state index contributed by atoms with van der Waals surface area (Å²) in [5.74, 6) is 0.550. The third-order valence-corrected chi connectivity index (χ3v) is 4.34. The van der Waals surface area contributed by atoms with Crippen molar-refractivity contribution in [2.24, 2.45) is 0 Å². The predicted octanol–water partition coefficient (Wildman–Crippen LogP) is 3.78. The van der Waals surface area contributed by atoms with Crippen LogP contribution in [0.15, 0.2) is 59.0 Å². The van der Waals surface area contributed by atoms with E-state index in [1.807, 2.05) is 0 Å². The second-order valence-electron chi connectivity index (χ2n) is 6.17. The molecule has 148 valence electrons. The van der Waals surface area contributed by atoms with Crippen LogP contribution in [0.3, 0.4) is 0 Å². The molecule has 1 aromatic heterocycles. The minimum absolute atomic E-state index is 0.0616. The van der Waals surface area contributed by atoms with Crippen LogP contribution in [0.2, 0.25) is 0 Å². The third kappa shape index (κ3) is 4.84. The van der Waals surface area contributed by atoms with E-state index in [1.54, 1.807) is 43.3 Å². The van der Waals surface area contributed by atoms with Crippen LogP contribution in [0.4, 0.5) is 11.4 Å². The van der Waals surface area contributed by atoms with Crippen molar-refractivity contribution in [3.05, 3.63) is 81.6 Å². The number of carbonyl (C=O) groups excluding carboxylic acids is 1. The average molecular weight is 411 g/mol. The van der Waals surface area contributed by atoms with Crippen LogP contribution in [0.25, 0.3) is 11.3 Å². The van der Waals surface area contributed by atoms with Gasteiger partial charge < -0.3 is 14.8 Å². The number of rotatable bonds is 5. The molecule has 8 nitrogen and oxygen atoms in total. The number of anilines is 1. The number of aliphatic hydroxyl groups excluding tert-OH is 1. The van der Waals surface area contributed by atoms with Gasteiger partial charge in [0.15, 0.2) is 5.11 Å². The van der Waals surface area contributed by atoms with E-state index in [0.29, 0.717) is 22.8 Å². The average Bonchev–Trinajstić information content (AvgIpc) is 3.17. The highest BCUT2D eigenvalue weighted by Crippen LogP contribution is 2.24. The van der Waals surface area contributed by atoms with Crippen molar-refractivity contribution in [1.29, 1.82) is 0 Å². The Morgan fingerprint density at radius 1 is 1.17 bits per heavy atom. The molecule has 1 amide bonds. The lowest BCUT2D eigenvalue weighted by molar-refractivity contribution is -0.385. The highest BCUT2D eigenvalue weighted by molar-refractivity contribution is 7.80. The molecule has 0 spiro atoms. The molecule has 3 aromatic rings. The molecule has 0 saturated heterocycles. The summed E-state index contributed by atoms with van der Waals surface area (Å²) in [6.45, 7) is 1.43. The van der Waals surface area contributed by atoms with Crippen molar-refractivity contribution in [2.45, 2.75) is 13.5 Å². The van der Waals surface area contributed by atoms with E-state index in [2.05, 4.69) is 10.6 Å². The minimum atomic E-state index is -0.547. The normalized spacial score (nSPS) is 10.4.